The molecule has 44 valence electrons. The Labute approximate surface area is 65.9 Å². The molecule has 0 aliphatic rings. The predicted octanol–water partition coefficient (Wildman–Crippen LogP) is 2.08. The van der Waals surface area contributed by atoms with Crippen LogP contribution in [0.4, 0.5) is 0 Å². The van der Waals surface area contributed by atoms with Crippen LogP contribution in [0.3, 0.4) is 0 Å². The van der Waals surface area contributed by atoms with Crippen LogP contribution in [0.1, 0.15) is 13.3 Å². The molecule has 0 heterocycles. The first-order valence-corrected chi connectivity index (χ1v) is 9.62. The zero-order valence-corrected chi connectivity index (χ0v) is 8.85. The van der Waals surface area contributed by atoms with Gasteiger partial charge in [0.25, 0.3) is 0 Å². The monoisotopic (exact) mass is 266 g/mol. The van der Waals surface area contributed by atoms with Gasteiger partial charge in [-0.05, 0) is 6.42 Å². The van der Waals surface area contributed by atoms with E-state index >= 15 is 0 Å². The molecule has 4 heteroatoms. The molecule has 0 spiro atoms. The Bertz CT molecular complexity index is 20.4. The van der Waals surface area contributed by atoms with Gasteiger partial charge in [0.2, 0.25) is 0 Å². The Balaban J connectivity index is 0. The molecule has 1 N–H and O–H groups in total. The fraction of sp³-hybridized carbons (Fsp3) is 1.00. The fourth-order valence-corrected chi connectivity index (χ4v) is 0. The average Bonchev–Trinajstić information content (AvgIpc) is 1.69. The first-order valence-electron chi connectivity index (χ1n) is 1.90. The first-order chi connectivity index (χ1) is 3.33. The second-order valence-electron chi connectivity index (χ2n) is 0.795. The summed E-state index contributed by atoms with van der Waals surface area (Å²) < 4.78 is 0. The van der Waals surface area contributed by atoms with E-state index in [9.17, 15) is 0 Å². The minimum absolute atomic E-state index is 0.125. The van der Waals surface area contributed by atoms with Gasteiger partial charge in [-0.1, -0.05) is 6.92 Å². The van der Waals surface area contributed by atoms with Crippen molar-refractivity contribution in [3.05, 3.63) is 0 Å². The van der Waals surface area contributed by atoms with Crippen LogP contribution in [0.5, 0.6) is 0 Å². The molecular formula is C3H8Br2OTi. The van der Waals surface area contributed by atoms with Crippen molar-refractivity contribution in [2.24, 2.45) is 0 Å². The van der Waals surface area contributed by atoms with Gasteiger partial charge >= 0.3 is 41.3 Å². The third kappa shape index (κ3) is 34.9. The van der Waals surface area contributed by atoms with Crippen molar-refractivity contribution in [2.45, 2.75) is 13.3 Å². The molecule has 1 nitrogen and oxygen atoms in total. The van der Waals surface area contributed by atoms with Crippen LogP contribution < -0.4 is 0 Å². The number of hydrogen-bond acceptors (Lipinski definition) is 1. The third-order valence-corrected chi connectivity index (χ3v) is 0.224. The molecule has 0 bridgehead atoms. The molecule has 7 heavy (non-hydrogen) atoms. The Morgan fingerprint density at radius 3 is 1.71 bits per heavy atom. The fourth-order valence-electron chi connectivity index (χ4n) is 0. The summed E-state index contributed by atoms with van der Waals surface area (Å²) in [4.78, 5) is 0. The molecule has 0 atom stereocenters. The van der Waals surface area contributed by atoms with Crippen LogP contribution in [0.25, 0.3) is 0 Å². The number of halogens is 2. The van der Waals surface area contributed by atoms with Crippen molar-refractivity contribution in [1.29, 1.82) is 0 Å². The van der Waals surface area contributed by atoms with E-state index in [0.29, 0.717) is 6.61 Å². The molecule has 0 radical (unpaired) electrons. The summed E-state index contributed by atoms with van der Waals surface area (Å²) in [5.41, 5.74) is 0. The van der Waals surface area contributed by atoms with Crippen molar-refractivity contribution in [1.82, 2.24) is 0 Å². The Morgan fingerprint density at radius 2 is 1.71 bits per heavy atom. The SMILES string of the molecule is CCCO.[Br][Ti][Br]. The summed E-state index contributed by atoms with van der Waals surface area (Å²) in [7, 11) is 0. The molecule has 0 aromatic carbocycles. The standard InChI is InChI=1S/C3H8O.2BrH.Ti/c1-2-3-4;;;/h4H,2-3H2,1H3;2*1H;/q;;;+2/p-2. The van der Waals surface area contributed by atoms with Gasteiger partial charge in [0, 0.05) is 6.61 Å². The van der Waals surface area contributed by atoms with Gasteiger partial charge in [-0.2, -0.15) is 0 Å². The maximum atomic E-state index is 7.88. The number of aliphatic hydroxyl groups excluding tert-OH is 1. The van der Waals surface area contributed by atoms with E-state index in [1.54, 1.807) is 0 Å². The van der Waals surface area contributed by atoms with Crippen molar-refractivity contribution >= 4 is 26.3 Å². The average molecular weight is 268 g/mol. The van der Waals surface area contributed by atoms with Crippen LogP contribution in [0, 0.1) is 0 Å². The van der Waals surface area contributed by atoms with Crippen LogP contribution in [0.15, 0.2) is 0 Å². The van der Waals surface area contributed by atoms with E-state index in [2.05, 4.69) is 26.3 Å². The van der Waals surface area contributed by atoms with Gasteiger partial charge in [0.1, 0.15) is 0 Å². The van der Waals surface area contributed by atoms with Crippen molar-refractivity contribution < 1.29 is 20.1 Å². The predicted molar refractivity (Wildman–Crippen MR) is 35.2 cm³/mol. The summed E-state index contributed by atoms with van der Waals surface area (Å²) in [5.74, 6) is 0. The van der Waals surface area contributed by atoms with Crippen LogP contribution in [-0.2, 0) is 15.0 Å². The molecule has 0 aromatic rings. The second-order valence-corrected chi connectivity index (χ2v) is 8.68. The Morgan fingerprint density at radius 1 is 1.57 bits per heavy atom. The molecule has 0 aliphatic carbocycles. The van der Waals surface area contributed by atoms with Crippen molar-refractivity contribution in [3.8, 4) is 0 Å². The second kappa shape index (κ2) is 15.6. The molecule has 0 fully saturated rings. The molecule has 0 amide bonds. The van der Waals surface area contributed by atoms with Gasteiger partial charge in [0.15, 0.2) is 0 Å². The topological polar surface area (TPSA) is 20.2 Å². The van der Waals surface area contributed by atoms with Gasteiger partial charge in [-0.25, -0.2) is 0 Å². The summed E-state index contributed by atoms with van der Waals surface area (Å²) in [6.45, 7) is 2.25. The number of rotatable bonds is 1. The Hall–Kier alpha value is 1.63. The van der Waals surface area contributed by atoms with Gasteiger partial charge in [-0.15, -0.1) is 0 Å². The van der Waals surface area contributed by atoms with Crippen molar-refractivity contribution in [3.63, 3.8) is 0 Å². The minimum atomic E-state index is 0.125. The summed E-state index contributed by atoms with van der Waals surface area (Å²) >= 11 is 6.50. The molecular weight excluding hydrogens is 260 g/mol. The van der Waals surface area contributed by atoms with E-state index in [1.807, 2.05) is 6.92 Å². The molecule has 0 saturated heterocycles. The van der Waals surface area contributed by atoms with Crippen molar-refractivity contribution in [2.75, 3.05) is 6.61 Å². The molecule has 0 saturated carbocycles. The maximum absolute atomic E-state index is 7.88. The molecule has 0 rings (SSSR count). The zero-order valence-electron chi connectivity index (χ0n) is 4.12. The third-order valence-electron chi connectivity index (χ3n) is 0.224. The van der Waals surface area contributed by atoms with Gasteiger partial charge in [0.05, 0.1) is 0 Å². The molecule has 0 unspecified atom stereocenters. The van der Waals surface area contributed by atoms with E-state index < -0.39 is 0 Å². The van der Waals surface area contributed by atoms with E-state index in [4.69, 9.17) is 5.11 Å². The molecule has 0 aromatic heterocycles. The number of aliphatic hydroxyl groups is 1. The zero-order chi connectivity index (χ0) is 6.12. The van der Waals surface area contributed by atoms with E-state index in [1.165, 1.54) is 0 Å². The first kappa shape index (κ1) is 11.4. The summed E-state index contributed by atoms with van der Waals surface area (Å²) in [6.07, 6.45) is 0.875. The van der Waals surface area contributed by atoms with E-state index in [-0.39, 0.29) is 15.0 Å². The normalized spacial score (nSPS) is 6.29. The quantitative estimate of drug-likeness (QED) is 0.722. The van der Waals surface area contributed by atoms with E-state index in [0.717, 1.165) is 6.42 Å². The molecule has 0 aliphatic heterocycles. The number of hydrogen-bond donors (Lipinski definition) is 1. The Kier molecular flexibility index (Phi) is 25.6. The van der Waals surface area contributed by atoms with Crippen LogP contribution in [0.2, 0.25) is 0 Å². The van der Waals surface area contributed by atoms with Crippen LogP contribution in [-0.4, -0.2) is 11.7 Å². The van der Waals surface area contributed by atoms with Gasteiger partial charge < -0.3 is 5.11 Å². The summed E-state index contributed by atoms with van der Waals surface area (Å²) in [5, 5.41) is 7.88. The van der Waals surface area contributed by atoms with Gasteiger partial charge in [-0.3, -0.25) is 0 Å². The summed E-state index contributed by atoms with van der Waals surface area (Å²) in [6, 6.07) is 0. The van der Waals surface area contributed by atoms with Crippen LogP contribution >= 0.6 is 26.3 Å².